The van der Waals surface area contributed by atoms with Crippen LogP contribution in [0.25, 0.3) is 0 Å². The molecule has 0 aliphatic carbocycles. The first kappa shape index (κ1) is 19.2. The molecule has 0 bridgehead atoms. The lowest BCUT2D eigenvalue weighted by Crippen LogP contribution is -2.23. The molecular formula is C15H12ClF3N2O3S. The third-order valence-electron chi connectivity index (χ3n) is 3.01. The summed E-state index contributed by atoms with van der Waals surface area (Å²) in [6, 6.07) is 3.12. The summed E-state index contributed by atoms with van der Waals surface area (Å²) in [5, 5.41) is 2.41. The second-order valence-electron chi connectivity index (χ2n) is 4.93. The van der Waals surface area contributed by atoms with E-state index in [2.05, 4.69) is 4.98 Å². The van der Waals surface area contributed by atoms with Gasteiger partial charge in [-0.1, -0.05) is 17.7 Å². The van der Waals surface area contributed by atoms with Crippen molar-refractivity contribution in [1.82, 2.24) is 4.98 Å². The maximum Gasteiger partial charge on any atom is 0.418 e. The van der Waals surface area contributed by atoms with Crippen molar-refractivity contribution in [2.45, 2.75) is 20.0 Å². The van der Waals surface area contributed by atoms with Crippen molar-refractivity contribution in [3.05, 3.63) is 44.4 Å². The summed E-state index contributed by atoms with van der Waals surface area (Å²) >= 11 is 6.83. The number of hydrogen-bond donors (Lipinski definition) is 1. The lowest BCUT2D eigenvalue weighted by atomic mass is 10.1. The Kier molecular flexibility index (Phi) is 5.69. The van der Waals surface area contributed by atoms with E-state index in [0.717, 1.165) is 23.5 Å². The lowest BCUT2D eigenvalue weighted by Gasteiger charge is -2.15. The Labute approximate surface area is 149 Å². The van der Waals surface area contributed by atoms with Crippen LogP contribution >= 0.6 is 22.9 Å². The van der Waals surface area contributed by atoms with Gasteiger partial charge in [0.25, 0.3) is 5.91 Å². The number of aromatic nitrogens is 1. The molecule has 0 saturated heterocycles. The van der Waals surface area contributed by atoms with Gasteiger partial charge in [-0.3, -0.25) is 4.79 Å². The topological polar surface area (TPSA) is 68.3 Å². The van der Waals surface area contributed by atoms with E-state index in [1.54, 1.807) is 13.8 Å². The lowest BCUT2D eigenvalue weighted by molar-refractivity contribution is -0.137. The highest BCUT2D eigenvalue weighted by atomic mass is 35.5. The minimum atomic E-state index is -4.69. The van der Waals surface area contributed by atoms with Crippen molar-refractivity contribution in [2.75, 3.05) is 11.9 Å². The standard InChI is InChI=1S/C15H12ClF3N2O3S/c1-7-13(25-8(2)20-7)14(23)24-6-11(22)21-12-9(15(17,18)19)4-3-5-10(12)16/h3-5H,6H2,1-2H3,(H,21,22). The molecule has 2 aromatic rings. The smallest absolute Gasteiger partial charge is 0.418 e. The van der Waals surface area contributed by atoms with Crippen molar-refractivity contribution in [1.29, 1.82) is 0 Å². The first-order valence-electron chi connectivity index (χ1n) is 6.86. The summed E-state index contributed by atoms with van der Waals surface area (Å²) in [6.07, 6.45) is -4.69. The van der Waals surface area contributed by atoms with Gasteiger partial charge in [0, 0.05) is 0 Å². The molecular weight excluding hydrogens is 381 g/mol. The first-order valence-corrected chi connectivity index (χ1v) is 8.05. The molecule has 10 heteroatoms. The number of amides is 1. The van der Waals surface area contributed by atoms with Crippen LogP contribution in [0.2, 0.25) is 5.02 Å². The molecule has 0 spiro atoms. The number of halogens is 4. The Balaban J connectivity index is 2.06. The molecule has 0 radical (unpaired) electrons. The fraction of sp³-hybridized carbons (Fsp3) is 0.267. The van der Waals surface area contributed by atoms with Crippen molar-refractivity contribution >= 4 is 40.5 Å². The van der Waals surface area contributed by atoms with E-state index in [0.29, 0.717) is 10.7 Å². The average molecular weight is 393 g/mol. The second kappa shape index (κ2) is 7.40. The molecule has 0 unspecified atom stereocenters. The number of para-hydroxylation sites is 1. The van der Waals surface area contributed by atoms with Gasteiger partial charge in [0.1, 0.15) is 4.88 Å². The molecule has 1 N–H and O–H groups in total. The number of hydrogen-bond acceptors (Lipinski definition) is 5. The van der Waals surface area contributed by atoms with E-state index in [4.69, 9.17) is 16.3 Å². The molecule has 0 saturated carbocycles. The van der Waals surface area contributed by atoms with E-state index in [-0.39, 0.29) is 9.90 Å². The quantitative estimate of drug-likeness (QED) is 0.791. The van der Waals surface area contributed by atoms with E-state index < -0.39 is 35.9 Å². The number of nitrogens with one attached hydrogen (secondary N) is 1. The third kappa shape index (κ3) is 4.70. The minimum absolute atomic E-state index is 0.235. The van der Waals surface area contributed by atoms with E-state index in [1.165, 1.54) is 6.07 Å². The first-order chi connectivity index (χ1) is 11.6. The predicted octanol–water partition coefficient (Wildman–Crippen LogP) is 4.23. The van der Waals surface area contributed by atoms with Gasteiger partial charge in [-0.25, -0.2) is 9.78 Å². The van der Waals surface area contributed by atoms with Crippen LogP contribution in [-0.4, -0.2) is 23.5 Å². The summed E-state index contributed by atoms with van der Waals surface area (Å²) < 4.78 is 43.7. The van der Waals surface area contributed by atoms with Gasteiger partial charge in [-0.2, -0.15) is 13.2 Å². The molecule has 1 heterocycles. The monoisotopic (exact) mass is 392 g/mol. The van der Waals surface area contributed by atoms with Gasteiger partial charge < -0.3 is 10.1 Å². The number of aryl methyl sites for hydroxylation is 2. The normalized spacial score (nSPS) is 11.3. The molecule has 134 valence electrons. The number of anilines is 1. The predicted molar refractivity (Wildman–Crippen MR) is 87.0 cm³/mol. The summed E-state index contributed by atoms with van der Waals surface area (Å²) in [6.45, 7) is 2.56. The molecule has 1 aromatic carbocycles. The van der Waals surface area contributed by atoms with Crippen LogP contribution in [0.3, 0.4) is 0 Å². The zero-order chi connectivity index (χ0) is 18.8. The fourth-order valence-corrected chi connectivity index (χ4v) is 3.02. The molecule has 5 nitrogen and oxygen atoms in total. The third-order valence-corrected chi connectivity index (χ3v) is 4.37. The molecule has 0 atom stereocenters. The van der Waals surface area contributed by atoms with Gasteiger partial charge >= 0.3 is 12.1 Å². The highest BCUT2D eigenvalue weighted by molar-refractivity contribution is 7.13. The highest BCUT2D eigenvalue weighted by Gasteiger charge is 2.34. The van der Waals surface area contributed by atoms with E-state index in [1.807, 2.05) is 5.32 Å². The SMILES string of the molecule is Cc1nc(C)c(C(=O)OCC(=O)Nc2c(Cl)cccc2C(F)(F)F)s1. The number of nitrogens with zero attached hydrogens (tertiary/aromatic N) is 1. The number of esters is 1. The molecule has 0 aliphatic rings. The van der Waals surface area contributed by atoms with Crippen LogP contribution < -0.4 is 5.32 Å². The fourth-order valence-electron chi connectivity index (χ4n) is 1.98. The summed E-state index contributed by atoms with van der Waals surface area (Å²) in [5.74, 6) is -1.71. The number of ether oxygens (including phenoxy) is 1. The second-order valence-corrected chi connectivity index (χ2v) is 6.54. The number of benzene rings is 1. The molecule has 1 amide bonds. The number of carbonyl (C=O) groups is 2. The molecule has 2 rings (SSSR count). The van der Waals surface area contributed by atoms with Gasteiger partial charge in [-0.05, 0) is 26.0 Å². The van der Waals surface area contributed by atoms with Crippen LogP contribution in [-0.2, 0) is 15.7 Å². The van der Waals surface area contributed by atoms with Crippen molar-refractivity contribution in [3.63, 3.8) is 0 Å². The Morgan fingerprint density at radius 2 is 2.00 bits per heavy atom. The number of rotatable bonds is 4. The van der Waals surface area contributed by atoms with Crippen LogP contribution in [0.4, 0.5) is 18.9 Å². The van der Waals surface area contributed by atoms with Gasteiger partial charge in [-0.15, -0.1) is 11.3 Å². The van der Waals surface area contributed by atoms with Crippen LogP contribution in [0, 0.1) is 13.8 Å². The average Bonchev–Trinajstić information content (AvgIpc) is 2.84. The highest BCUT2D eigenvalue weighted by Crippen LogP contribution is 2.38. The Bertz CT molecular complexity index is 821. The number of carbonyl (C=O) groups excluding carboxylic acids is 2. The largest absolute Gasteiger partial charge is 0.451 e. The summed E-state index contributed by atoms with van der Waals surface area (Å²) in [5.41, 5.74) is -1.21. The summed E-state index contributed by atoms with van der Waals surface area (Å²) in [4.78, 5) is 28.0. The zero-order valence-electron chi connectivity index (χ0n) is 13.0. The van der Waals surface area contributed by atoms with Crippen LogP contribution in [0.15, 0.2) is 18.2 Å². The molecule has 25 heavy (non-hydrogen) atoms. The number of thiazole rings is 1. The van der Waals surface area contributed by atoms with Crippen molar-refractivity contribution in [3.8, 4) is 0 Å². The molecule has 0 aliphatic heterocycles. The summed E-state index contributed by atoms with van der Waals surface area (Å²) in [7, 11) is 0. The Hall–Kier alpha value is -2.13. The minimum Gasteiger partial charge on any atom is -0.451 e. The number of alkyl halides is 3. The van der Waals surface area contributed by atoms with E-state index >= 15 is 0 Å². The van der Waals surface area contributed by atoms with Gasteiger partial charge in [0.05, 0.1) is 27.0 Å². The maximum atomic E-state index is 13.0. The van der Waals surface area contributed by atoms with Gasteiger partial charge in [0.15, 0.2) is 6.61 Å². The van der Waals surface area contributed by atoms with Crippen molar-refractivity contribution < 1.29 is 27.5 Å². The maximum absolute atomic E-state index is 13.0. The van der Waals surface area contributed by atoms with Crippen molar-refractivity contribution in [2.24, 2.45) is 0 Å². The van der Waals surface area contributed by atoms with Crippen LogP contribution in [0.5, 0.6) is 0 Å². The molecule has 1 aromatic heterocycles. The Morgan fingerprint density at radius 3 is 2.56 bits per heavy atom. The van der Waals surface area contributed by atoms with Crippen LogP contribution in [0.1, 0.15) is 25.9 Å². The Morgan fingerprint density at radius 1 is 1.32 bits per heavy atom. The molecule has 0 fully saturated rings. The van der Waals surface area contributed by atoms with Gasteiger partial charge in [0.2, 0.25) is 0 Å². The van der Waals surface area contributed by atoms with E-state index in [9.17, 15) is 22.8 Å². The zero-order valence-corrected chi connectivity index (χ0v) is 14.6.